The number of likely N-dealkylation sites (N-methyl/N-ethyl adjacent to an activating group) is 1. The van der Waals surface area contributed by atoms with Crippen molar-refractivity contribution in [3.63, 3.8) is 0 Å². The number of carbonyl (C=O) groups excluding carboxylic acids is 1. The smallest absolute Gasteiger partial charge is 0.232 e. The minimum atomic E-state index is -1.32. The van der Waals surface area contributed by atoms with Crippen LogP contribution in [0.1, 0.15) is 55.3 Å². The number of methoxy groups -OCH3 is 1. The Morgan fingerprint density at radius 1 is 1.14 bits per heavy atom. The normalized spacial score (nSPS) is 12.3. The zero-order chi connectivity index (χ0) is 31.8. The minimum absolute atomic E-state index is 0.105. The van der Waals surface area contributed by atoms with Gasteiger partial charge in [0.15, 0.2) is 17.5 Å². The molecular formula is C34H39F3N3O2P. The molecule has 1 unspecified atom stereocenters. The lowest BCUT2D eigenvalue weighted by atomic mass is 9.91. The van der Waals surface area contributed by atoms with E-state index in [9.17, 15) is 18.0 Å². The Morgan fingerprint density at radius 2 is 1.86 bits per heavy atom. The van der Waals surface area contributed by atoms with Gasteiger partial charge in [-0.15, -0.1) is 0 Å². The van der Waals surface area contributed by atoms with E-state index in [0.29, 0.717) is 30.8 Å². The van der Waals surface area contributed by atoms with Gasteiger partial charge in [0.05, 0.1) is 30.6 Å². The fraction of sp³-hybridized carbons (Fsp3) is 0.324. The number of allylic oxidation sites excluding steroid dienone is 5. The molecule has 0 aliphatic heterocycles. The monoisotopic (exact) mass is 609 g/mol. The molecule has 43 heavy (non-hydrogen) atoms. The number of aryl methyl sites for hydroxylation is 3. The van der Waals surface area contributed by atoms with Gasteiger partial charge in [-0.25, -0.2) is 23.1 Å². The Bertz CT molecular complexity index is 1550. The first kappa shape index (κ1) is 33.7. The maximum atomic E-state index is 14.8. The molecule has 0 saturated carbocycles. The first-order chi connectivity index (χ1) is 20.6. The van der Waals surface area contributed by atoms with Crippen LogP contribution in [0, 0.1) is 24.4 Å². The van der Waals surface area contributed by atoms with Crippen LogP contribution in [0.4, 0.5) is 19.0 Å². The standard InChI is InChI=1S/C32H33F3N3O2P.C2H6/c1-6-8-9-19(7-2)10-14-25-32(37-24-15-11-20-16-21(40-5)12-13-22(20)30(24)36-25)38(4)26(39)17-23-18(3)27(33)31(41)29(35)28(23)34;1-2/h6-9,12-13,16H,1,10-11,14-15,17,41H2,2-5H3;1-2H3/b9-8-,19-7+;. The van der Waals surface area contributed by atoms with E-state index < -0.39 is 35.1 Å². The summed E-state index contributed by atoms with van der Waals surface area (Å²) in [5.74, 6) is -2.90. The first-order valence-electron chi connectivity index (χ1n) is 14.3. The molecule has 1 aliphatic rings. The summed E-state index contributed by atoms with van der Waals surface area (Å²) in [4.78, 5) is 24.7. The van der Waals surface area contributed by atoms with Gasteiger partial charge >= 0.3 is 0 Å². The molecule has 0 bridgehead atoms. The van der Waals surface area contributed by atoms with Gasteiger partial charge in [-0.05, 0) is 68.9 Å². The van der Waals surface area contributed by atoms with Crippen molar-refractivity contribution in [3.8, 4) is 17.0 Å². The second kappa shape index (κ2) is 15.1. The van der Waals surface area contributed by atoms with Gasteiger partial charge in [0, 0.05) is 23.5 Å². The number of rotatable bonds is 9. The fourth-order valence-corrected chi connectivity index (χ4v) is 5.27. The van der Waals surface area contributed by atoms with Crippen molar-refractivity contribution in [1.82, 2.24) is 9.97 Å². The third-order valence-electron chi connectivity index (χ3n) is 7.42. The molecule has 1 amide bonds. The van der Waals surface area contributed by atoms with Crippen LogP contribution in [0.3, 0.4) is 0 Å². The van der Waals surface area contributed by atoms with Crippen molar-refractivity contribution in [1.29, 1.82) is 0 Å². The maximum absolute atomic E-state index is 14.8. The number of aromatic nitrogens is 2. The number of halogens is 3. The van der Waals surface area contributed by atoms with Crippen molar-refractivity contribution in [2.45, 2.75) is 59.8 Å². The lowest BCUT2D eigenvalue weighted by Crippen LogP contribution is -2.32. The van der Waals surface area contributed by atoms with Gasteiger partial charge in [-0.3, -0.25) is 9.69 Å². The predicted molar refractivity (Wildman–Crippen MR) is 172 cm³/mol. The molecule has 0 saturated heterocycles. The van der Waals surface area contributed by atoms with Crippen molar-refractivity contribution in [2.75, 3.05) is 19.1 Å². The third kappa shape index (κ3) is 7.24. The number of ether oxygens (including phenoxy) is 1. The van der Waals surface area contributed by atoms with Gasteiger partial charge in [0.1, 0.15) is 11.6 Å². The Labute approximate surface area is 254 Å². The van der Waals surface area contributed by atoms with E-state index in [2.05, 4.69) is 6.58 Å². The van der Waals surface area contributed by atoms with Gasteiger partial charge in [-0.2, -0.15) is 0 Å². The molecule has 0 radical (unpaired) electrons. The zero-order valence-electron chi connectivity index (χ0n) is 25.7. The van der Waals surface area contributed by atoms with E-state index >= 15 is 0 Å². The Balaban J connectivity index is 0.00000248. The highest BCUT2D eigenvalue weighted by molar-refractivity contribution is 7.27. The summed E-state index contributed by atoms with van der Waals surface area (Å²) in [5.41, 5.74) is 4.77. The molecule has 0 N–H and O–H groups in total. The largest absolute Gasteiger partial charge is 0.497 e. The summed E-state index contributed by atoms with van der Waals surface area (Å²) in [6, 6.07) is 5.84. The molecular weight excluding hydrogens is 570 g/mol. The zero-order valence-corrected chi connectivity index (χ0v) is 26.8. The second-order valence-electron chi connectivity index (χ2n) is 9.86. The van der Waals surface area contributed by atoms with Crippen molar-refractivity contribution < 1.29 is 22.7 Å². The van der Waals surface area contributed by atoms with Crippen LogP contribution in [0.2, 0.25) is 0 Å². The molecule has 1 aromatic heterocycles. The molecule has 228 valence electrons. The van der Waals surface area contributed by atoms with E-state index in [1.165, 1.54) is 18.9 Å². The third-order valence-corrected chi connectivity index (χ3v) is 7.92. The molecule has 1 aliphatic carbocycles. The molecule has 5 nitrogen and oxygen atoms in total. The number of hydrogen-bond acceptors (Lipinski definition) is 4. The Kier molecular flexibility index (Phi) is 11.8. The number of hydrogen-bond donors (Lipinski definition) is 0. The number of amides is 1. The summed E-state index contributed by atoms with van der Waals surface area (Å²) in [7, 11) is 5.02. The summed E-state index contributed by atoms with van der Waals surface area (Å²) in [6.07, 6.45) is 9.40. The van der Waals surface area contributed by atoms with Crippen LogP contribution in [-0.2, 0) is 30.5 Å². The van der Waals surface area contributed by atoms with Crippen molar-refractivity contribution in [2.24, 2.45) is 0 Å². The molecule has 3 aromatic rings. The van der Waals surface area contributed by atoms with Crippen molar-refractivity contribution >= 4 is 26.3 Å². The summed E-state index contributed by atoms with van der Waals surface area (Å²) < 4.78 is 49.0. The first-order valence-corrected chi connectivity index (χ1v) is 14.9. The molecule has 9 heteroatoms. The van der Waals surface area contributed by atoms with Crippen LogP contribution in [0.25, 0.3) is 11.3 Å². The van der Waals surface area contributed by atoms with Gasteiger partial charge in [0.25, 0.3) is 0 Å². The summed E-state index contributed by atoms with van der Waals surface area (Å²) in [6.45, 7) is 11.0. The number of benzene rings is 2. The summed E-state index contributed by atoms with van der Waals surface area (Å²) in [5, 5.41) is -0.490. The Morgan fingerprint density at radius 3 is 2.51 bits per heavy atom. The lowest BCUT2D eigenvalue weighted by molar-refractivity contribution is -0.117. The predicted octanol–water partition coefficient (Wildman–Crippen LogP) is 7.33. The van der Waals surface area contributed by atoms with Crippen LogP contribution in [0.15, 0.2) is 54.7 Å². The quantitative estimate of drug-likeness (QED) is 0.145. The Hall–Kier alpha value is -3.77. The van der Waals surface area contributed by atoms with Crippen LogP contribution in [-0.4, -0.2) is 30.0 Å². The van der Waals surface area contributed by atoms with Gasteiger partial charge in [0.2, 0.25) is 5.91 Å². The molecule has 0 spiro atoms. The molecule has 2 aromatic carbocycles. The fourth-order valence-electron chi connectivity index (χ4n) is 4.93. The SMILES string of the molecule is C=C/C=C\C(=C/C)CCc1nc2c(nc1N(C)C(=O)Cc1c(C)c(F)c(P)c(F)c1F)CCc1cc(OC)ccc1-2.CC. The average Bonchev–Trinajstić information content (AvgIpc) is 3.04. The summed E-state index contributed by atoms with van der Waals surface area (Å²) >= 11 is 0. The number of nitrogens with zero attached hydrogens (tertiary/aromatic N) is 3. The number of carbonyl (C=O) groups is 1. The second-order valence-corrected chi connectivity index (χ2v) is 10.4. The molecule has 4 rings (SSSR count). The molecule has 0 fully saturated rings. The highest BCUT2D eigenvalue weighted by Crippen LogP contribution is 2.36. The van der Waals surface area contributed by atoms with Crippen LogP contribution >= 0.6 is 9.24 Å². The topological polar surface area (TPSA) is 55.3 Å². The van der Waals surface area contributed by atoms with Gasteiger partial charge in [-0.1, -0.05) is 59.5 Å². The van der Waals surface area contributed by atoms with Crippen molar-refractivity contribution in [3.05, 3.63) is 100 Å². The molecule has 1 atom stereocenters. The van der Waals surface area contributed by atoms with E-state index in [-0.39, 0.29) is 11.1 Å². The number of anilines is 1. The highest BCUT2D eigenvalue weighted by Gasteiger charge is 2.28. The van der Waals surface area contributed by atoms with E-state index in [0.717, 1.165) is 40.3 Å². The minimum Gasteiger partial charge on any atom is -0.497 e. The van der Waals surface area contributed by atoms with Crippen LogP contribution < -0.4 is 14.9 Å². The average molecular weight is 610 g/mol. The van der Waals surface area contributed by atoms with Crippen LogP contribution in [0.5, 0.6) is 5.75 Å². The maximum Gasteiger partial charge on any atom is 0.232 e. The van der Waals surface area contributed by atoms with E-state index in [1.807, 2.05) is 66.4 Å². The van der Waals surface area contributed by atoms with E-state index in [4.69, 9.17) is 14.7 Å². The molecule has 1 heterocycles. The van der Waals surface area contributed by atoms with E-state index in [1.54, 1.807) is 13.2 Å². The van der Waals surface area contributed by atoms with Gasteiger partial charge < -0.3 is 4.74 Å². The number of fused-ring (bicyclic) bond motifs is 3. The highest BCUT2D eigenvalue weighted by atomic mass is 31.0. The lowest BCUT2D eigenvalue weighted by Gasteiger charge is -2.25.